The number of aromatic nitrogens is 2. The SMILES string of the molecule is CCSCc1ccc(C(=O)Nc2ccnn2Cc2ccccc2)cc1. The molecular weight excluding hydrogens is 330 g/mol. The molecule has 2 aromatic carbocycles. The number of benzene rings is 2. The van der Waals surface area contributed by atoms with Gasteiger partial charge in [-0.05, 0) is 29.0 Å². The number of thioether (sulfide) groups is 1. The van der Waals surface area contributed by atoms with Gasteiger partial charge in [-0.15, -0.1) is 0 Å². The molecule has 1 amide bonds. The molecule has 0 saturated heterocycles. The molecule has 5 heteroatoms. The van der Waals surface area contributed by atoms with Gasteiger partial charge < -0.3 is 5.32 Å². The van der Waals surface area contributed by atoms with Crippen molar-refractivity contribution in [2.24, 2.45) is 0 Å². The van der Waals surface area contributed by atoms with Crippen molar-refractivity contribution in [3.8, 4) is 0 Å². The average molecular weight is 351 g/mol. The first-order valence-electron chi connectivity index (χ1n) is 8.30. The van der Waals surface area contributed by atoms with Crippen LogP contribution in [0.4, 0.5) is 5.82 Å². The van der Waals surface area contributed by atoms with Crippen molar-refractivity contribution in [1.82, 2.24) is 9.78 Å². The maximum absolute atomic E-state index is 12.5. The van der Waals surface area contributed by atoms with Crippen LogP contribution in [0.25, 0.3) is 0 Å². The van der Waals surface area contributed by atoms with Gasteiger partial charge in [0, 0.05) is 17.4 Å². The van der Waals surface area contributed by atoms with Crippen molar-refractivity contribution in [1.29, 1.82) is 0 Å². The van der Waals surface area contributed by atoms with Crippen LogP contribution < -0.4 is 5.32 Å². The summed E-state index contributed by atoms with van der Waals surface area (Å²) < 4.78 is 1.79. The Morgan fingerprint density at radius 2 is 1.80 bits per heavy atom. The van der Waals surface area contributed by atoms with Gasteiger partial charge in [-0.2, -0.15) is 16.9 Å². The summed E-state index contributed by atoms with van der Waals surface area (Å²) >= 11 is 1.87. The Labute approximate surface area is 152 Å². The molecule has 0 spiro atoms. The summed E-state index contributed by atoms with van der Waals surface area (Å²) in [6, 6.07) is 19.6. The third-order valence-corrected chi connectivity index (χ3v) is 4.77. The van der Waals surface area contributed by atoms with E-state index in [1.165, 1.54) is 5.56 Å². The number of carbonyl (C=O) groups excluding carboxylic acids is 1. The van der Waals surface area contributed by atoms with Crippen molar-refractivity contribution in [3.05, 3.63) is 83.6 Å². The van der Waals surface area contributed by atoms with Gasteiger partial charge >= 0.3 is 0 Å². The second-order valence-corrected chi connectivity index (χ2v) is 6.92. The van der Waals surface area contributed by atoms with E-state index in [2.05, 4.69) is 17.3 Å². The fourth-order valence-electron chi connectivity index (χ4n) is 2.48. The Hall–Kier alpha value is -2.53. The van der Waals surface area contributed by atoms with Gasteiger partial charge in [-0.1, -0.05) is 49.4 Å². The molecule has 0 aliphatic carbocycles. The number of anilines is 1. The van der Waals surface area contributed by atoms with Crippen LogP contribution in [0.15, 0.2) is 66.9 Å². The van der Waals surface area contributed by atoms with Gasteiger partial charge in [0.15, 0.2) is 0 Å². The Bertz CT molecular complexity index is 812. The fraction of sp³-hybridized carbons (Fsp3) is 0.200. The minimum absolute atomic E-state index is 0.121. The summed E-state index contributed by atoms with van der Waals surface area (Å²) in [4.78, 5) is 12.5. The highest BCUT2D eigenvalue weighted by Crippen LogP contribution is 2.15. The lowest BCUT2D eigenvalue weighted by molar-refractivity contribution is 0.102. The summed E-state index contributed by atoms with van der Waals surface area (Å²) in [7, 11) is 0. The number of hydrogen-bond acceptors (Lipinski definition) is 3. The lowest BCUT2D eigenvalue weighted by atomic mass is 10.1. The molecule has 128 valence electrons. The van der Waals surface area contributed by atoms with E-state index in [1.807, 2.05) is 72.4 Å². The molecule has 3 rings (SSSR count). The molecule has 0 atom stereocenters. The van der Waals surface area contributed by atoms with E-state index in [-0.39, 0.29) is 5.91 Å². The summed E-state index contributed by atoms with van der Waals surface area (Å²) in [5.74, 6) is 2.64. The van der Waals surface area contributed by atoms with E-state index in [1.54, 1.807) is 10.9 Å². The Balaban J connectivity index is 1.66. The number of carbonyl (C=O) groups is 1. The maximum Gasteiger partial charge on any atom is 0.256 e. The smallest absolute Gasteiger partial charge is 0.256 e. The van der Waals surface area contributed by atoms with Gasteiger partial charge in [0.2, 0.25) is 0 Å². The minimum Gasteiger partial charge on any atom is -0.307 e. The number of amides is 1. The molecule has 1 aromatic heterocycles. The van der Waals surface area contributed by atoms with Gasteiger partial charge in [0.1, 0.15) is 5.82 Å². The normalized spacial score (nSPS) is 10.6. The number of hydrogen-bond donors (Lipinski definition) is 1. The van der Waals surface area contributed by atoms with Crippen LogP contribution in [0.1, 0.15) is 28.4 Å². The molecule has 0 aliphatic heterocycles. The molecule has 0 bridgehead atoms. The molecular formula is C20H21N3OS. The highest BCUT2D eigenvalue weighted by atomic mass is 32.2. The van der Waals surface area contributed by atoms with E-state index in [0.29, 0.717) is 17.9 Å². The number of rotatable bonds is 7. The molecule has 0 unspecified atom stereocenters. The van der Waals surface area contributed by atoms with Crippen molar-refractivity contribution >= 4 is 23.5 Å². The average Bonchev–Trinajstić information content (AvgIpc) is 3.08. The van der Waals surface area contributed by atoms with Crippen molar-refractivity contribution in [2.75, 3.05) is 11.1 Å². The van der Waals surface area contributed by atoms with Crippen molar-refractivity contribution < 1.29 is 4.79 Å². The maximum atomic E-state index is 12.5. The molecule has 1 N–H and O–H groups in total. The van der Waals surface area contributed by atoms with Crippen LogP contribution in [-0.4, -0.2) is 21.4 Å². The van der Waals surface area contributed by atoms with Crippen LogP contribution in [0, 0.1) is 0 Å². The summed E-state index contributed by atoms with van der Waals surface area (Å²) in [6.45, 7) is 2.77. The summed E-state index contributed by atoms with van der Waals surface area (Å²) in [5, 5.41) is 7.25. The van der Waals surface area contributed by atoms with Crippen LogP contribution in [0.5, 0.6) is 0 Å². The van der Waals surface area contributed by atoms with Gasteiger partial charge in [0.05, 0.1) is 12.7 Å². The monoisotopic (exact) mass is 351 g/mol. The van der Waals surface area contributed by atoms with Crippen molar-refractivity contribution in [3.63, 3.8) is 0 Å². The molecule has 0 aliphatic rings. The van der Waals surface area contributed by atoms with Gasteiger partial charge in [-0.3, -0.25) is 4.79 Å². The van der Waals surface area contributed by atoms with Gasteiger partial charge in [0.25, 0.3) is 5.91 Å². The number of nitrogens with zero attached hydrogens (tertiary/aromatic N) is 2. The number of nitrogens with one attached hydrogen (secondary N) is 1. The Morgan fingerprint density at radius 3 is 2.52 bits per heavy atom. The van der Waals surface area contributed by atoms with E-state index >= 15 is 0 Å². The zero-order valence-corrected chi connectivity index (χ0v) is 15.0. The minimum atomic E-state index is -0.121. The topological polar surface area (TPSA) is 46.9 Å². The van der Waals surface area contributed by atoms with E-state index < -0.39 is 0 Å². The van der Waals surface area contributed by atoms with Gasteiger partial charge in [-0.25, -0.2) is 4.68 Å². The molecule has 25 heavy (non-hydrogen) atoms. The van der Waals surface area contributed by atoms with E-state index in [9.17, 15) is 4.79 Å². The first-order chi connectivity index (χ1) is 12.3. The quantitative estimate of drug-likeness (QED) is 0.685. The first-order valence-corrected chi connectivity index (χ1v) is 9.45. The zero-order valence-electron chi connectivity index (χ0n) is 14.2. The predicted octanol–water partition coefficient (Wildman–Crippen LogP) is 4.44. The predicted molar refractivity (Wildman–Crippen MR) is 104 cm³/mol. The van der Waals surface area contributed by atoms with Crippen molar-refractivity contribution in [2.45, 2.75) is 19.2 Å². The zero-order chi connectivity index (χ0) is 17.5. The molecule has 0 saturated carbocycles. The first kappa shape index (κ1) is 17.3. The molecule has 0 radical (unpaired) electrons. The third kappa shape index (κ3) is 4.73. The summed E-state index contributed by atoms with van der Waals surface area (Å²) in [6.07, 6.45) is 1.70. The van der Waals surface area contributed by atoms with E-state index in [4.69, 9.17) is 0 Å². The molecule has 0 fully saturated rings. The largest absolute Gasteiger partial charge is 0.307 e. The summed E-state index contributed by atoms with van der Waals surface area (Å²) in [5.41, 5.74) is 3.02. The second-order valence-electron chi connectivity index (χ2n) is 5.65. The van der Waals surface area contributed by atoms with E-state index in [0.717, 1.165) is 17.1 Å². The molecule has 1 heterocycles. The molecule has 3 aromatic rings. The Morgan fingerprint density at radius 1 is 1.04 bits per heavy atom. The third-order valence-electron chi connectivity index (χ3n) is 3.82. The Kier molecular flexibility index (Phi) is 5.90. The van der Waals surface area contributed by atoms with Crippen LogP contribution >= 0.6 is 11.8 Å². The lowest BCUT2D eigenvalue weighted by Crippen LogP contribution is -2.16. The lowest BCUT2D eigenvalue weighted by Gasteiger charge is -2.09. The van der Waals surface area contributed by atoms with Crippen LogP contribution in [-0.2, 0) is 12.3 Å². The highest BCUT2D eigenvalue weighted by Gasteiger charge is 2.10. The standard InChI is InChI=1S/C20H21N3OS/c1-2-25-15-17-8-10-18(11-9-17)20(24)22-19-12-13-21-23(19)14-16-6-4-3-5-7-16/h3-13H,2,14-15H2,1H3,(H,22,24). The fourth-order valence-corrected chi connectivity index (χ4v) is 3.11. The highest BCUT2D eigenvalue weighted by molar-refractivity contribution is 7.98. The van der Waals surface area contributed by atoms with Crippen LogP contribution in [0.2, 0.25) is 0 Å². The second kappa shape index (κ2) is 8.53. The molecule has 4 nitrogen and oxygen atoms in total. The van der Waals surface area contributed by atoms with Crippen LogP contribution in [0.3, 0.4) is 0 Å².